The highest BCUT2D eigenvalue weighted by molar-refractivity contribution is 8.54. The second-order valence-electron chi connectivity index (χ2n) is 13.6. The Morgan fingerprint density at radius 2 is 1.75 bits per heavy atom. The molecular weight excluding hydrogens is 836 g/mol. The highest BCUT2D eigenvalue weighted by Gasteiger charge is 2.53. The minimum atomic E-state index is -4.89. The van der Waals surface area contributed by atoms with Gasteiger partial charge < -0.3 is 29.6 Å². The summed E-state index contributed by atoms with van der Waals surface area (Å²) in [6.45, 7) is -3.43. The number of nitrogens with two attached hydrogens (primary N) is 1. The van der Waals surface area contributed by atoms with E-state index >= 15 is 0 Å². The maximum absolute atomic E-state index is 15.0. The molecule has 312 valence electrons. The number of hydrogen-bond donors (Lipinski definition) is 3. The summed E-state index contributed by atoms with van der Waals surface area (Å²) in [6.07, 6.45) is -4.65. The highest BCUT2D eigenvalue weighted by atomic mass is 32.7. The number of nitrogens with zero attached hydrogens (tertiary/aromatic N) is 5. The van der Waals surface area contributed by atoms with Crippen LogP contribution in [-0.2, 0) is 47.2 Å². The van der Waals surface area contributed by atoms with E-state index in [1.165, 1.54) is 24.3 Å². The maximum atomic E-state index is 15.0. The number of esters is 1. The van der Waals surface area contributed by atoms with Crippen LogP contribution in [0, 0.1) is 6.92 Å². The fourth-order valence-corrected chi connectivity index (χ4v) is 11.1. The first-order valence-electron chi connectivity index (χ1n) is 18.0. The van der Waals surface area contributed by atoms with Gasteiger partial charge in [-0.25, -0.2) is 33.7 Å². The molecule has 3 saturated heterocycles. The number of nitrogens with one attached hydrogen (secondary N) is 1. The molecule has 0 aliphatic carbocycles. The van der Waals surface area contributed by atoms with Gasteiger partial charge in [0, 0.05) is 31.5 Å². The van der Waals surface area contributed by atoms with E-state index in [4.69, 9.17) is 42.8 Å². The van der Waals surface area contributed by atoms with Crippen LogP contribution in [0.3, 0.4) is 0 Å². The second kappa shape index (κ2) is 16.8. The van der Waals surface area contributed by atoms with Crippen molar-refractivity contribution < 1.29 is 55.9 Å². The number of imidazole rings is 1. The molecule has 4 bridgehead atoms. The largest absolute Gasteiger partial charge is 0.472 e. The zero-order chi connectivity index (χ0) is 41.5. The van der Waals surface area contributed by atoms with E-state index < -0.39 is 81.4 Å². The van der Waals surface area contributed by atoms with Crippen molar-refractivity contribution in [3.63, 3.8) is 0 Å². The summed E-state index contributed by atoms with van der Waals surface area (Å²) in [5, 5.41) is 0. The fourth-order valence-electron chi connectivity index (χ4n) is 6.76. The van der Waals surface area contributed by atoms with Crippen molar-refractivity contribution in [1.82, 2.24) is 29.1 Å². The van der Waals surface area contributed by atoms with Crippen LogP contribution in [-0.4, -0.2) is 90.8 Å². The van der Waals surface area contributed by atoms with Crippen LogP contribution in [0.2, 0.25) is 0 Å². The predicted molar refractivity (Wildman–Crippen MR) is 207 cm³/mol. The van der Waals surface area contributed by atoms with Crippen LogP contribution in [0.25, 0.3) is 11.2 Å². The molecule has 3 aliphatic heterocycles. The zero-order valence-electron chi connectivity index (χ0n) is 31.2. The topological polar surface area (TPSA) is 270 Å². The first kappa shape index (κ1) is 41.2. The first-order chi connectivity index (χ1) is 28.3. The molecule has 0 spiro atoms. The molecule has 2 aromatic carbocycles. The summed E-state index contributed by atoms with van der Waals surface area (Å²) in [5.41, 5.74) is 6.96. The van der Waals surface area contributed by atoms with Crippen LogP contribution < -0.4 is 21.7 Å². The Labute approximate surface area is 338 Å². The van der Waals surface area contributed by atoms with Gasteiger partial charge >= 0.3 is 26.3 Å². The fraction of sp³-hybridized carbons (Fsp3) is 0.371. The van der Waals surface area contributed by atoms with Crippen LogP contribution in [0.4, 0.5) is 5.82 Å². The molecule has 0 radical (unpaired) electrons. The van der Waals surface area contributed by atoms with E-state index in [-0.39, 0.29) is 41.5 Å². The number of benzene rings is 2. The summed E-state index contributed by atoms with van der Waals surface area (Å²) in [4.78, 5) is 63.2. The molecule has 24 heteroatoms. The average Bonchev–Trinajstić information content (AvgIpc) is 3.91. The number of ether oxygens (including phenoxy) is 4. The third-order valence-corrected chi connectivity index (χ3v) is 14.3. The molecule has 3 aromatic heterocycles. The summed E-state index contributed by atoms with van der Waals surface area (Å²) in [6, 6.07) is 14.6. The van der Waals surface area contributed by atoms with Gasteiger partial charge in [0.05, 0.1) is 31.2 Å². The van der Waals surface area contributed by atoms with E-state index in [0.29, 0.717) is 11.1 Å². The average molecular weight is 874 g/mol. The molecule has 3 aliphatic rings. The van der Waals surface area contributed by atoms with Crippen molar-refractivity contribution in [2.45, 2.75) is 62.1 Å². The third-order valence-electron chi connectivity index (χ3n) is 9.64. The molecule has 0 amide bonds. The van der Waals surface area contributed by atoms with E-state index in [1.807, 2.05) is 6.92 Å². The number of aromatic nitrogens is 6. The quantitative estimate of drug-likeness (QED) is 0.114. The number of hydrogen-bond acceptors (Lipinski definition) is 18. The molecular formula is C35H37N7O14P2S. The van der Waals surface area contributed by atoms with Crippen molar-refractivity contribution in [1.29, 1.82) is 0 Å². The first-order valence-corrected chi connectivity index (χ1v) is 22.6. The lowest BCUT2D eigenvalue weighted by atomic mass is 10.1. The van der Waals surface area contributed by atoms with Gasteiger partial charge in [0.2, 0.25) is 0 Å². The summed E-state index contributed by atoms with van der Waals surface area (Å²) in [5.74, 6) is -0.0992. The lowest BCUT2D eigenvalue weighted by molar-refractivity contribution is -0.0668. The van der Waals surface area contributed by atoms with Crippen molar-refractivity contribution in [2.75, 3.05) is 26.1 Å². The molecule has 5 aromatic rings. The number of fused-ring (bicyclic) bond motifs is 5. The maximum Gasteiger partial charge on any atom is 0.472 e. The van der Waals surface area contributed by atoms with Crippen molar-refractivity contribution >= 4 is 49.0 Å². The number of rotatable bonds is 8. The van der Waals surface area contributed by atoms with Gasteiger partial charge in [-0.1, -0.05) is 29.8 Å². The molecule has 21 nitrogen and oxygen atoms in total. The molecule has 1 unspecified atom stereocenters. The molecule has 9 atom stereocenters. The van der Waals surface area contributed by atoms with Crippen LogP contribution >= 0.6 is 26.0 Å². The van der Waals surface area contributed by atoms with E-state index in [0.717, 1.165) is 33.8 Å². The SMILES string of the molecule is CO[C@H]1[C@H]2O[P@](=O)(SCc3ccc(OC(=O)c4ccc(C)cc4)cc3)OC[C@@H]3C[C@@H](OP(=O)(O)OC[C@H]1O[C@H]2n1ccc(=O)[nH]c1=O)[C@H](n1cnc2c(N)ncnc21)O3. The smallest absolute Gasteiger partial charge is 0.423 e. The number of anilines is 1. The number of carbonyl (C=O) groups is 1. The van der Waals surface area contributed by atoms with Crippen LogP contribution in [0.15, 0.2) is 83.0 Å². The molecule has 59 heavy (non-hydrogen) atoms. The molecule has 3 fully saturated rings. The lowest BCUT2D eigenvalue weighted by Crippen LogP contribution is -2.40. The van der Waals surface area contributed by atoms with Crippen molar-refractivity contribution in [3.8, 4) is 5.75 Å². The Morgan fingerprint density at radius 3 is 2.49 bits per heavy atom. The Bertz CT molecular complexity index is 2560. The molecule has 0 saturated carbocycles. The van der Waals surface area contributed by atoms with Gasteiger partial charge in [0.25, 0.3) is 5.56 Å². The molecule has 6 heterocycles. The van der Waals surface area contributed by atoms with Crippen molar-refractivity contribution in [2.24, 2.45) is 0 Å². The number of H-pyrrole nitrogens is 1. The van der Waals surface area contributed by atoms with E-state index in [1.54, 1.807) is 48.5 Å². The number of methoxy groups -OCH3 is 1. The highest BCUT2D eigenvalue weighted by Crippen LogP contribution is 2.65. The molecule has 8 rings (SSSR count). The number of nitrogen functional groups attached to an aromatic ring is 1. The third kappa shape index (κ3) is 8.98. The number of carbonyl (C=O) groups excluding carboxylic acids is 1. The monoisotopic (exact) mass is 873 g/mol. The minimum Gasteiger partial charge on any atom is -0.423 e. The van der Waals surface area contributed by atoms with Crippen LogP contribution in [0.5, 0.6) is 5.75 Å². The van der Waals surface area contributed by atoms with E-state index in [2.05, 4.69) is 19.9 Å². The van der Waals surface area contributed by atoms with Gasteiger partial charge in [0.15, 0.2) is 23.9 Å². The van der Waals surface area contributed by atoms with Gasteiger partial charge in [0.1, 0.15) is 42.0 Å². The standard InChI is InChI=1S/C35H37N7O14P2S/c1-19-3-7-21(8-4-19)34(44)53-22-9-5-20(6-10-22)16-59-58(48)51-14-23-13-24(32(52-23)42-18-39-27-30(36)37-17-38-31(27)42)55-57(46,47)50-15-25-28(49-2)29(56-58)33(54-25)41-12-11-26(43)40-35(41)45/h3-12,17-18,23-25,28-29,32-33H,13-16H2,1-2H3,(H,46,47)(H2,36,37,38)(H,40,43,45)/t23-,24+,25+,28+,29+,32+,33+,58+/m0/s1. The minimum absolute atomic E-state index is 0.0499. The molecule has 4 N–H and O–H groups in total. The Morgan fingerprint density at radius 1 is 0.966 bits per heavy atom. The van der Waals surface area contributed by atoms with Crippen molar-refractivity contribution in [3.05, 3.63) is 111 Å². The Balaban J connectivity index is 1.09. The Kier molecular flexibility index (Phi) is 11.7. The normalized spacial score (nSPS) is 29.9. The van der Waals surface area contributed by atoms with Gasteiger partial charge in [-0.2, -0.15) is 0 Å². The van der Waals surface area contributed by atoms with Gasteiger partial charge in [-0.3, -0.25) is 37.0 Å². The summed E-state index contributed by atoms with van der Waals surface area (Å²) in [7, 11) is -3.59. The van der Waals surface area contributed by atoms with Gasteiger partial charge in [-0.15, -0.1) is 0 Å². The number of phosphoric ester groups is 1. The lowest BCUT2D eigenvalue weighted by Gasteiger charge is -2.28. The second-order valence-corrected chi connectivity index (χ2v) is 19.1. The predicted octanol–water partition coefficient (Wildman–Crippen LogP) is 3.65. The number of aromatic amines is 1. The van der Waals surface area contributed by atoms with Crippen LogP contribution in [0.1, 0.15) is 40.4 Å². The number of aryl methyl sites for hydroxylation is 1. The number of phosphoric acid groups is 1. The van der Waals surface area contributed by atoms with E-state index in [9.17, 15) is 28.4 Å². The summed E-state index contributed by atoms with van der Waals surface area (Å²) < 4.78 is 78.2. The van der Waals surface area contributed by atoms with Gasteiger partial charge in [-0.05, 0) is 48.1 Å². The summed E-state index contributed by atoms with van der Waals surface area (Å²) >= 11 is 0.811. The zero-order valence-corrected chi connectivity index (χ0v) is 33.8. The Hall–Kier alpha value is -4.57.